The van der Waals surface area contributed by atoms with Gasteiger partial charge in [-0.05, 0) is 37.2 Å². The largest absolute Gasteiger partial charge is 0.477 e. The summed E-state index contributed by atoms with van der Waals surface area (Å²) in [6, 6.07) is 10.0. The Bertz CT molecular complexity index is 687. The highest BCUT2D eigenvalue weighted by molar-refractivity contribution is 7.13. The monoisotopic (exact) mass is 357 g/mol. The van der Waals surface area contributed by atoms with Crippen LogP contribution < -0.4 is 0 Å². The predicted octanol–water partition coefficient (Wildman–Crippen LogP) is 5.90. The molecule has 0 spiro atoms. The quantitative estimate of drug-likeness (QED) is 0.671. The fourth-order valence-electron chi connectivity index (χ4n) is 3.81. The van der Waals surface area contributed by atoms with Crippen molar-refractivity contribution in [3.63, 3.8) is 0 Å². The van der Waals surface area contributed by atoms with Crippen molar-refractivity contribution in [3.8, 4) is 0 Å². The van der Waals surface area contributed by atoms with Crippen molar-refractivity contribution in [2.75, 3.05) is 0 Å². The topological polar surface area (TPSA) is 50.2 Å². The Morgan fingerprint density at radius 2 is 1.92 bits per heavy atom. The van der Waals surface area contributed by atoms with Gasteiger partial charge in [0.15, 0.2) is 0 Å². The van der Waals surface area contributed by atoms with Crippen LogP contribution in [0.25, 0.3) is 0 Å². The summed E-state index contributed by atoms with van der Waals surface area (Å²) in [4.78, 5) is 16.8. The zero-order valence-electron chi connectivity index (χ0n) is 14.9. The van der Waals surface area contributed by atoms with E-state index in [-0.39, 0.29) is 0 Å². The number of benzene rings is 1. The molecule has 1 heterocycles. The molecule has 0 radical (unpaired) electrons. The Hall–Kier alpha value is -1.68. The molecule has 1 aliphatic rings. The van der Waals surface area contributed by atoms with Crippen LogP contribution >= 0.6 is 11.3 Å². The number of rotatable bonds is 7. The molecule has 0 amide bonds. The minimum Gasteiger partial charge on any atom is -0.477 e. The van der Waals surface area contributed by atoms with E-state index < -0.39 is 5.97 Å². The van der Waals surface area contributed by atoms with Crippen LogP contribution in [0.3, 0.4) is 0 Å². The van der Waals surface area contributed by atoms with E-state index in [1.165, 1.54) is 43.4 Å². The summed E-state index contributed by atoms with van der Waals surface area (Å²) in [5.41, 5.74) is 1.84. The average Bonchev–Trinajstić information content (AvgIpc) is 3.05. The maximum atomic E-state index is 11.6. The van der Waals surface area contributed by atoms with Gasteiger partial charge in [-0.25, -0.2) is 9.78 Å². The summed E-state index contributed by atoms with van der Waals surface area (Å²) in [5.74, 6) is 0.468. The van der Waals surface area contributed by atoms with Gasteiger partial charge in [0, 0.05) is 12.3 Å². The number of unbranched alkanes of at least 4 members (excludes halogenated alkanes) is 1. The summed E-state index contributed by atoms with van der Waals surface area (Å²) in [6.45, 7) is 2.25. The van der Waals surface area contributed by atoms with E-state index >= 15 is 0 Å². The third kappa shape index (κ3) is 4.69. The first-order valence-electron chi connectivity index (χ1n) is 9.44. The Kier molecular flexibility index (Phi) is 6.24. The van der Waals surface area contributed by atoms with E-state index in [1.54, 1.807) is 0 Å². The maximum absolute atomic E-state index is 11.6. The molecule has 1 N–H and O–H groups in total. The van der Waals surface area contributed by atoms with E-state index in [1.807, 2.05) is 30.3 Å². The molecule has 1 saturated carbocycles. The highest BCUT2D eigenvalue weighted by Gasteiger charge is 2.27. The van der Waals surface area contributed by atoms with Crippen LogP contribution in [0.4, 0.5) is 0 Å². The average molecular weight is 358 g/mol. The van der Waals surface area contributed by atoms with E-state index in [0.717, 1.165) is 35.0 Å². The predicted molar refractivity (Wildman–Crippen MR) is 103 cm³/mol. The second kappa shape index (κ2) is 8.61. The molecular weight excluding hydrogens is 330 g/mol. The molecule has 3 nitrogen and oxygen atoms in total. The minimum absolute atomic E-state index is 0.423. The smallest absolute Gasteiger partial charge is 0.347 e. The number of carbonyl (C=O) groups is 1. The van der Waals surface area contributed by atoms with Crippen molar-refractivity contribution in [2.45, 2.75) is 64.2 Å². The third-order valence-corrected chi connectivity index (χ3v) is 6.53. The van der Waals surface area contributed by atoms with Crippen molar-refractivity contribution in [1.82, 2.24) is 4.98 Å². The van der Waals surface area contributed by atoms with Crippen LogP contribution in [0.2, 0.25) is 0 Å². The molecule has 1 aliphatic carbocycles. The number of thiazole rings is 1. The van der Waals surface area contributed by atoms with Crippen molar-refractivity contribution in [1.29, 1.82) is 0 Å². The van der Waals surface area contributed by atoms with Gasteiger partial charge in [-0.3, -0.25) is 0 Å². The minimum atomic E-state index is -0.841. The molecule has 1 fully saturated rings. The third-order valence-electron chi connectivity index (χ3n) is 5.28. The van der Waals surface area contributed by atoms with E-state index in [9.17, 15) is 9.90 Å². The van der Waals surface area contributed by atoms with Gasteiger partial charge in [0.2, 0.25) is 0 Å². The highest BCUT2D eigenvalue weighted by Crippen LogP contribution is 2.40. The zero-order valence-corrected chi connectivity index (χ0v) is 15.7. The standard InChI is InChI=1S/C21H27NO2S/c1-2-3-7-15-10-12-17(13-11-15)20-22-18(19(25-20)21(23)24)14-16-8-5-4-6-9-16/h4-6,8-9,15,17H,2-3,7,10-14H2,1H3,(H,23,24). The fraction of sp³-hybridized carbons (Fsp3) is 0.524. The normalized spacial score (nSPS) is 20.5. The van der Waals surface area contributed by atoms with E-state index in [2.05, 4.69) is 6.92 Å². The van der Waals surface area contributed by atoms with Crippen LogP contribution in [-0.4, -0.2) is 16.1 Å². The number of aromatic nitrogens is 1. The van der Waals surface area contributed by atoms with Crippen molar-refractivity contribution >= 4 is 17.3 Å². The summed E-state index contributed by atoms with van der Waals surface area (Å²) < 4.78 is 0. The molecular formula is C21H27NO2S. The fourth-order valence-corrected chi connectivity index (χ4v) is 4.90. The second-order valence-corrected chi connectivity index (χ2v) is 8.19. The van der Waals surface area contributed by atoms with Gasteiger partial charge in [-0.2, -0.15) is 0 Å². The van der Waals surface area contributed by atoms with Crippen molar-refractivity contribution in [2.24, 2.45) is 5.92 Å². The number of carboxylic acid groups (broad SMARTS) is 1. The molecule has 3 rings (SSSR count). The molecule has 0 aliphatic heterocycles. The summed E-state index contributed by atoms with van der Waals surface area (Å²) in [7, 11) is 0. The number of hydrogen-bond acceptors (Lipinski definition) is 3. The summed E-state index contributed by atoms with van der Waals surface area (Å²) in [6.07, 6.45) is 9.40. The first kappa shape index (κ1) is 18.1. The first-order chi connectivity index (χ1) is 12.2. The van der Waals surface area contributed by atoms with Crippen LogP contribution in [0.15, 0.2) is 30.3 Å². The lowest BCUT2D eigenvalue weighted by molar-refractivity contribution is 0.0701. The molecule has 1 aromatic carbocycles. The van der Waals surface area contributed by atoms with Gasteiger partial charge in [0.05, 0.1) is 10.7 Å². The molecule has 0 atom stereocenters. The van der Waals surface area contributed by atoms with Crippen LogP contribution in [-0.2, 0) is 6.42 Å². The highest BCUT2D eigenvalue weighted by atomic mass is 32.1. The molecule has 25 heavy (non-hydrogen) atoms. The Labute approximate surface area is 154 Å². The number of nitrogens with zero attached hydrogens (tertiary/aromatic N) is 1. The summed E-state index contributed by atoms with van der Waals surface area (Å²) in [5, 5.41) is 10.6. The van der Waals surface area contributed by atoms with Crippen LogP contribution in [0.1, 0.15) is 83.7 Å². The van der Waals surface area contributed by atoms with Gasteiger partial charge >= 0.3 is 5.97 Å². The molecule has 1 aromatic heterocycles. The van der Waals surface area contributed by atoms with Crippen LogP contribution in [0, 0.1) is 5.92 Å². The Balaban J connectivity index is 1.70. The Morgan fingerprint density at radius 1 is 1.20 bits per heavy atom. The molecule has 0 unspecified atom stereocenters. The lowest BCUT2D eigenvalue weighted by Gasteiger charge is -2.27. The number of carboxylic acids is 1. The lowest BCUT2D eigenvalue weighted by Crippen LogP contribution is -2.13. The van der Waals surface area contributed by atoms with E-state index in [4.69, 9.17) is 4.98 Å². The lowest BCUT2D eigenvalue weighted by atomic mass is 9.80. The molecule has 0 bridgehead atoms. The van der Waals surface area contributed by atoms with E-state index in [0.29, 0.717) is 17.2 Å². The van der Waals surface area contributed by atoms with Crippen molar-refractivity contribution < 1.29 is 9.90 Å². The molecule has 0 saturated heterocycles. The molecule has 4 heteroatoms. The first-order valence-corrected chi connectivity index (χ1v) is 10.3. The van der Waals surface area contributed by atoms with Crippen LogP contribution in [0.5, 0.6) is 0 Å². The maximum Gasteiger partial charge on any atom is 0.347 e. The Morgan fingerprint density at radius 3 is 2.56 bits per heavy atom. The molecule has 2 aromatic rings. The second-order valence-electron chi connectivity index (χ2n) is 7.16. The SMILES string of the molecule is CCCCC1CCC(c2nc(Cc3ccccc3)c(C(=O)O)s2)CC1. The van der Waals surface area contributed by atoms with Gasteiger partial charge in [-0.15, -0.1) is 11.3 Å². The number of hydrogen-bond donors (Lipinski definition) is 1. The molecule has 134 valence electrons. The van der Waals surface area contributed by atoms with Gasteiger partial charge < -0.3 is 5.11 Å². The zero-order chi connectivity index (χ0) is 17.6. The van der Waals surface area contributed by atoms with Gasteiger partial charge in [-0.1, -0.05) is 56.5 Å². The van der Waals surface area contributed by atoms with Crippen molar-refractivity contribution in [3.05, 3.63) is 51.5 Å². The van der Waals surface area contributed by atoms with Gasteiger partial charge in [0.25, 0.3) is 0 Å². The summed E-state index contributed by atoms with van der Waals surface area (Å²) >= 11 is 1.40. The van der Waals surface area contributed by atoms with Gasteiger partial charge in [0.1, 0.15) is 4.88 Å². The number of aromatic carboxylic acids is 1.